The van der Waals surface area contributed by atoms with E-state index in [2.05, 4.69) is 11.6 Å². The molecule has 7 heteroatoms. The Bertz CT molecular complexity index is 509. The lowest BCUT2D eigenvalue weighted by Gasteiger charge is -2.21. The maximum atomic E-state index is 7.80. The van der Waals surface area contributed by atoms with E-state index in [1.54, 1.807) is 29.2 Å². The summed E-state index contributed by atoms with van der Waals surface area (Å²) >= 11 is 11.9. The molecule has 102 valence electrons. The van der Waals surface area contributed by atoms with E-state index in [-0.39, 0.29) is 11.9 Å². The van der Waals surface area contributed by atoms with Crippen molar-refractivity contribution in [3.05, 3.63) is 46.5 Å². The highest BCUT2D eigenvalue weighted by molar-refractivity contribution is 6.35. The summed E-state index contributed by atoms with van der Waals surface area (Å²) in [5, 5.41) is 8.89. The smallest absolute Gasteiger partial charge is 0.221 e. The molecule has 0 unspecified atom stereocenters. The molecule has 1 aromatic rings. The van der Waals surface area contributed by atoms with Crippen LogP contribution in [0.2, 0.25) is 10.0 Å². The number of guanidine groups is 2. The van der Waals surface area contributed by atoms with E-state index in [1.165, 1.54) is 0 Å². The fourth-order valence-electron chi connectivity index (χ4n) is 1.43. The van der Waals surface area contributed by atoms with Gasteiger partial charge >= 0.3 is 0 Å². The van der Waals surface area contributed by atoms with Crippen molar-refractivity contribution >= 4 is 35.1 Å². The van der Waals surface area contributed by atoms with Gasteiger partial charge in [-0.3, -0.25) is 5.41 Å². The highest BCUT2D eigenvalue weighted by Crippen LogP contribution is 2.22. The fourth-order valence-corrected chi connectivity index (χ4v) is 1.90. The molecule has 19 heavy (non-hydrogen) atoms. The third kappa shape index (κ3) is 4.81. The number of nitrogens with zero attached hydrogens (tertiary/aromatic N) is 2. The van der Waals surface area contributed by atoms with Crippen molar-refractivity contribution in [2.24, 2.45) is 16.5 Å². The number of halogens is 2. The molecule has 0 aliphatic carbocycles. The lowest BCUT2D eigenvalue weighted by Crippen LogP contribution is -2.33. The molecule has 0 saturated heterocycles. The summed E-state index contributed by atoms with van der Waals surface area (Å²) in [5.41, 5.74) is 11.3. The van der Waals surface area contributed by atoms with Gasteiger partial charge in [0, 0.05) is 23.1 Å². The van der Waals surface area contributed by atoms with Crippen LogP contribution in [0.3, 0.4) is 0 Å². The van der Waals surface area contributed by atoms with E-state index < -0.39 is 0 Å². The number of nitrogens with two attached hydrogens (primary N) is 2. The first-order valence-electron chi connectivity index (χ1n) is 5.42. The Morgan fingerprint density at radius 3 is 2.63 bits per heavy atom. The Hall–Kier alpha value is -1.72. The number of benzene rings is 1. The van der Waals surface area contributed by atoms with Crippen molar-refractivity contribution in [1.82, 2.24) is 4.90 Å². The molecule has 1 rings (SSSR count). The highest BCUT2D eigenvalue weighted by atomic mass is 35.5. The molecule has 0 radical (unpaired) electrons. The summed E-state index contributed by atoms with van der Waals surface area (Å²) in [5.74, 6) is -0.216. The lowest BCUT2D eigenvalue weighted by molar-refractivity contribution is 0.448. The second-order valence-electron chi connectivity index (χ2n) is 3.77. The number of hydrogen-bond donors (Lipinski definition) is 3. The van der Waals surface area contributed by atoms with Gasteiger partial charge in [0.25, 0.3) is 0 Å². The minimum atomic E-state index is -0.165. The highest BCUT2D eigenvalue weighted by Gasteiger charge is 2.11. The second kappa shape index (κ2) is 7.01. The number of hydrogen-bond acceptors (Lipinski definition) is 1. The molecular weight excluding hydrogens is 285 g/mol. The molecule has 0 aromatic heterocycles. The summed E-state index contributed by atoms with van der Waals surface area (Å²) in [6, 6.07) is 5.18. The standard InChI is InChI=1S/C12H15Cl2N5/c1-2-5-19(12(17)18-11(15)16)7-8-3-4-9(13)6-10(8)14/h2-4,6H,1,5,7H2,(H5,15,16,17,18). The van der Waals surface area contributed by atoms with Crippen molar-refractivity contribution in [3.8, 4) is 0 Å². The van der Waals surface area contributed by atoms with Crippen LogP contribution in [0.1, 0.15) is 5.56 Å². The minimum Gasteiger partial charge on any atom is -0.370 e. The number of aliphatic imine (C=N–C) groups is 1. The Labute approximate surface area is 122 Å². The van der Waals surface area contributed by atoms with Crippen molar-refractivity contribution in [2.45, 2.75) is 6.54 Å². The average Bonchev–Trinajstić information content (AvgIpc) is 2.30. The molecule has 0 aliphatic rings. The maximum Gasteiger partial charge on any atom is 0.221 e. The maximum absolute atomic E-state index is 7.80. The number of nitrogens with one attached hydrogen (secondary N) is 1. The van der Waals surface area contributed by atoms with Gasteiger partial charge in [-0.2, -0.15) is 4.99 Å². The molecule has 0 amide bonds. The zero-order chi connectivity index (χ0) is 14.4. The second-order valence-corrected chi connectivity index (χ2v) is 4.61. The average molecular weight is 300 g/mol. The monoisotopic (exact) mass is 299 g/mol. The van der Waals surface area contributed by atoms with Crippen molar-refractivity contribution in [1.29, 1.82) is 5.41 Å². The van der Waals surface area contributed by atoms with Crippen LogP contribution in [-0.4, -0.2) is 23.4 Å². The summed E-state index contributed by atoms with van der Waals surface area (Å²) in [7, 11) is 0. The predicted octanol–water partition coefficient (Wildman–Crippen LogP) is 2.19. The Morgan fingerprint density at radius 1 is 1.42 bits per heavy atom. The molecule has 0 bridgehead atoms. The van der Waals surface area contributed by atoms with Gasteiger partial charge in [-0.05, 0) is 17.7 Å². The van der Waals surface area contributed by atoms with Gasteiger partial charge in [0.2, 0.25) is 5.96 Å². The minimum absolute atomic E-state index is 0.0501. The molecule has 5 N–H and O–H groups in total. The summed E-state index contributed by atoms with van der Waals surface area (Å²) in [6.07, 6.45) is 1.65. The van der Waals surface area contributed by atoms with E-state index in [0.717, 1.165) is 5.56 Å². The predicted molar refractivity (Wildman–Crippen MR) is 80.6 cm³/mol. The van der Waals surface area contributed by atoms with Crippen LogP contribution < -0.4 is 11.5 Å². The van der Waals surface area contributed by atoms with Crippen LogP contribution in [0.25, 0.3) is 0 Å². The van der Waals surface area contributed by atoms with Crippen LogP contribution in [0.4, 0.5) is 0 Å². The fraction of sp³-hybridized carbons (Fsp3) is 0.167. The summed E-state index contributed by atoms with van der Waals surface area (Å²) in [4.78, 5) is 5.33. The van der Waals surface area contributed by atoms with Crippen LogP contribution in [0, 0.1) is 5.41 Å². The molecule has 0 aliphatic heterocycles. The van der Waals surface area contributed by atoms with Crippen LogP contribution >= 0.6 is 23.2 Å². The molecule has 0 fully saturated rings. The van der Waals surface area contributed by atoms with Crippen LogP contribution in [0.5, 0.6) is 0 Å². The number of rotatable bonds is 4. The van der Waals surface area contributed by atoms with E-state index in [1.807, 2.05) is 0 Å². The van der Waals surface area contributed by atoms with Gasteiger partial charge in [-0.1, -0.05) is 35.3 Å². The largest absolute Gasteiger partial charge is 0.370 e. The van der Waals surface area contributed by atoms with Crippen LogP contribution in [-0.2, 0) is 6.54 Å². The topological polar surface area (TPSA) is 91.5 Å². The van der Waals surface area contributed by atoms with Gasteiger partial charge in [0.15, 0.2) is 5.96 Å². The van der Waals surface area contributed by atoms with Gasteiger partial charge in [-0.25, -0.2) is 0 Å². The first-order valence-corrected chi connectivity index (χ1v) is 6.17. The molecule has 1 aromatic carbocycles. The quantitative estimate of drug-likeness (QED) is 0.452. The molecule has 0 spiro atoms. The van der Waals surface area contributed by atoms with Gasteiger partial charge in [-0.15, -0.1) is 6.58 Å². The Kier molecular flexibility index (Phi) is 5.66. The molecule has 0 heterocycles. The van der Waals surface area contributed by atoms with Crippen molar-refractivity contribution in [3.63, 3.8) is 0 Å². The third-order valence-corrected chi connectivity index (χ3v) is 2.85. The van der Waals surface area contributed by atoms with Gasteiger partial charge < -0.3 is 16.4 Å². The lowest BCUT2D eigenvalue weighted by atomic mass is 10.2. The summed E-state index contributed by atoms with van der Waals surface area (Å²) in [6.45, 7) is 4.45. The zero-order valence-electron chi connectivity index (χ0n) is 10.2. The van der Waals surface area contributed by atoms with E-state index in [0.29, 0.717) is 23.1 Å². The first kappa shape index (κ1) is 15.3. The zero-order valence-corrected chi connectivity index (χ0v) is 11.7. The third-order valence-electron chi connectivity index (χ3n) is 2.26. The van der Waals surface area contributed by atoms with E-state index in [4.69, 9.17) is 40.1 Å². The molecule has 5 nitrogen and oxygen atoms in total. The van der Waals surface area contributed by atoms with Gasteiger partial charge in [0.05, 0.1) is 0 Å². The Balaban J connectivity index is 2.92. The first-order chi connectivity index (χ1) is 8.93. The van der Waals surface area contributed by atoms with Gasteiger partial charge in [0.1, 0.15) is 0 Å². The summed E-state index contributed by atoms with van der Waals surface area (Å²) < 4.78 is 0. The SMILES string of the molecule is C=CCN(Cc1ccc(Cl)cc1Cl)C(=N)N=C(N)N. The van der Waals surface area contributed by atoms with E-state index in [9.17, 15) is 0 Å². The van der Waals surface area contributed by atoms with Crippen LogP contribution in [0.15, 0.2) is 35.8 Å². The Morgan fingerprint density at radius 2 is 2.11 bits per heavy atom. The van der Waals surface area contributed by atoms with Crippen molar-refractivity contribution in [2.75, 3.05) is 6.54 Å². The molecular formula is C12H15Cl2N5. The normalized spacial score (nSPS) is 9.79. The molecule has 0 saturated carbocycles. The van der Waals surface area contributed by atoms with Crippen molar-refractivity contribution < 1.29 is 0 Å². The van der Waals surface area contributed by atoms with E-state index >= 15 is 0 Å². The molecule has 0 atom stereocenters.